The molecule has 5 aliphatic rings. The number of nitrogens with one attached hydrogen (secondary N) is 1. The van der Waals surface area contributed by atoms with Crippen LogP contribution >= 0.6 is 0 Å². The molecule has 4 aliphatic carbocycles. The molecule has 0 unspecified atom stereocenters. The molecule has 5 nitrogen and oxygen atoms in total. The second kappa shape index (κ2) is 6.39. The monoisotopic (exact) mass is 412 g/mol. The Balaban J connectivity index is 1.23. The number of rotatable bonds is 3. The summed E-state index contributed by atoms with van der Waals surface area (Å²) in [6.07, 6.45) is 5.50. The molecule has 2 aromatic rings. The molecule has 0 aromatic heterocycles. The molecule has 6 atom stereocenters. The van der Waals surface area contributed by atoms with E-state index >= 15 is 0 Å². The minimum Gasteiger partial charge on any atom is -0.322 e. The molecular weight excluding hydrogens is 388 g/mol. The zero-order valence-corrected chi connectivity index (χ0v) is 17.5. The summed E-state index contributed by atoms with van der Waals surface area (Å²) in [4.78, 5) is 40.5. The molecule has 0 radical (unpaired) electrons. The van der Waals surface area contributed by atoms with Crippen LogP contribution in [0.25, 0.3) is 0 Å². The Morgan fingerprint density at radius 1 is 0.903 bits per heavy atom. The van der Waals surface area contributed by atoms with Gasteiger partial charge in [-0.1, -0.05) is 24.3 Å². The molecule has 2 saturated carbocycles. The summed E-state index contributed by atoms with van der Waals surface area (Å²) in [5, 5.41) is 2.95. The van der Waals surface area contributed by atoms with E-state index in [-0.39, 0.29) is 41.4 Å². The zero-order chi connectivity index (χ0) is 21.4. The van der Waals surface area contributed by atoms with Gasteiger partial charge >= 0.3 is 0 Å². The predicted octanol–water partition coefficient (Wildman–Crippen LogP) is 4.11. The lowest BCUT2D eigenvalue weighted by atomic mass is 9.63. The van der Waals surface area contributed by atoms with Crippen LogP contribution in [0.4, 0.5) is 11.4 Å². The van der Waals surface area contributed by atoms with E-state index in [1.165, 1.54) is 4.90 Å². The van der Waals surface area contributed by atoms with Crippen LogP contribution < -0.4 is 10.2 Å². The van der Waals surface area contributed by atoms with E-state index in [0.717, 1.165) is 23.2 Å². The van der Waals surface area contributed by atoms with Gasteiger partial charge in [-0.3, -0.25) is 19.3 Å². The maximum absolute atomic E-state index is 13.2. The molecule has 0 spiro atoms. The second-order valence-electron chi connectivity index (χ2n) is 9.49. The van der Waals surface area contributed by atoms with Gasteiger partial charge in [-0.05, 0) is 85.4 Å². The highest BCUT2D eigenvalue weighted by Crippen LogP contribution is 2.65. The summed E-state index contributed by atoms with van der Waals surface area (Å²) in [7, 11) is 0. The number of aryl methyl sites for hydroxylation is 2. The van der Waals surface area contributed by atoms with Crippen molar-refractivity contribution in [1.82, 2.24) is 0 Å². The number of carbonyl (C=O) groups excluding carboxylic acids is 3. The van der Waals surface area contributed by atoms with E-state index in [9.17, 15) is 14.4 Å². The normalized spacial score (nSPS) is 32.1. The van der Waals surface area contributed by atoms with Gasteiger partial charge in [0.15, 0.2) is 0 Å². The van der Waals surface area contributed by atoms with E-state index in [2.05, 4.69) is 17.5 Å². The van der Waals surface area contributed by atoms with Crippen LogP contribution in [0.5, 0.6) is 0 Å². The Morgan fingerprint density at radius 3 is 2.13 bits per heavy atom. The summed E-state index contributed by atoms with van der Waals surface area (Å²) in [5.41, 5.74) is 3.90. The zero-order valence-electron chi connectivity index (χ0n) is 17.5. The number of imide groups is 1. The Kier molecular flexibility index (Phi) is 3.83. The van der Waals surface area contributed by atoms with E-state index in [0.29, 0.717) is 23.1 Å². The molecule has 3 fully saturated rings. The fourth-order valence-corrected chi connectivity index (χ4v) is 6.04. The second-order valence-corrected chi connectivity index (χ2v) is 9.49. The molecule has 1 aliphatic heterocycles. The molecule has 1 saturated heterocycles. The van der Waals surface area contributed by atoms with Crippen LogP contribution in [-0.4, -0.2) is 17.7 Å². The Hall–Kier alpha value is -3.21. The third kappa shape index (κ3) is 2.65. The average molecular weight is 412 g/mol. The van der Waals surface area contributed by atoms with E-state index in [4.69, 9.17) is 0 Å². The minimum atomic E-state index is -0.213. The summed E-state index contributed by atoms with van der Waals surface area (Å²) >= 11 is 0. The van der Waals surface area contributed by atoms with Crippen molar-refractivity contribution in [2.45, 2.75) is 20.3 Å². The third-order valence-corrected chi connectivity index (χ3v) is 7.69. The van der Waals surface area contributed by atoms with Crippen LogP contribution in [0.15, 0.2) is 54.6 Å². The number of benzene rings is 2. The number of hydrogen-bond donors (Lipinski definition) is 1. The van der Waals surface area contributed by atoms with E-state index in [1.807, 2.05) is 32.0 Å². The van der Waals surface area contributed by atoms with E-state index in [1.54, 1.807) is 24.3 Å². The van der Waals surface area contributed by atoms with Crippen molar-refractivity contribution in [3.05, 3.63) is 71.3 Å². The quantitative estimate of drug-likeness (QED) is 0.609. The molecular formula is C26H24N2O3. The highest BCUT2D eigenvalue weighted by Gasteiger charge is 2.67. The molecule has 1 N–H and O–H groups in total. The van der Waals surface area contributed by atoms with Crippen LogP contribution in [0.1, 0.15) is 27.9 Å². The summed E-state index contributed by atoms with van der Waals surface area (Å²) in [6, 6.07) is 12.7. The fourth-order valence-electron chi connectivity index (χ4n) is 6.04. The number of nitrogens with zero attached hydrogens (tertiary/aromatic N) is 1. The molecule has 1 heterocycles. The van der Waals surface area contributed by atoms with Crippen molar-refractivity contribution < 1.29 is 14.4 Å². The van der Waals surface area contributed by atoms with Crippen molar-refractivity contribution in [3.8, 4) is 0 Å². The Morgan fingerprint density at radius 2 is 1.52 bits per heavy atom. The number of hydrogen-bond acceptors (Lipinski definition) is 3. The first-order chi connectivity index (χ1) is 14.9. The Labute approximate surface area is 181 Å². The first kappa shape index (κ1) is 18.6. The molecule has 3 amide bonds. The van der Waals surface area contributed by atoms with Gasteiger partial charge in [-0.15, -0.1) is 0 Å². The van der Waals surface area contributed by atoms with Gasteiger partial charge < -0.3 is 5.32 Å². The van der Waals surface area contributed by atoms with Gasteiger partial charge in [0, 0.05) is 11.3 Å². The lowest BCUT2D eigenvalue weighted by Crippen LogP contribution is -2.40. The lowest BCUT2D eigenvalue weighted by molar-refractivity contribution is -0.124. The highest BCUT2D eigenvalue weighted by atomic mass is 16.2. The fraction of sp³-hybridized carbons (Fsp3) is 0.346. The van der Waals surface area contributed by atoms with Gasteiger partial charge in [-0.2, -0.15) is 0 Å². The van der Waals surface area contributed by atoms with Crippen molar-refractivity contribution in [2.75, 3.05) is 10.2 Å². The first-order valence-corrected chi connectivity index (χ1v) is 11.0. The number of amides is 3. The molecule has 156 valence electrons. The summed E-state index contributed by atoms with van der Waals surface area (Å²) in [5.74, 6) is 0.813. The molecule has 2 bridgehead atoms. The number of carbonyl (C=O) groups is 3. The Bertz CT molecular complexity index is 1130. The maximum Gasteiger partial charge on any atom is 0.255 e. The molecule has 31 heavy (non-hydrogen) atoms. The number of allylic oxidation sites excluding steroid dienone is 2. The van der Waals surface area contributed by atoms with Gasteiger partial charge in [0.1, 0.15) is 0 Å². The van der Waals surface area contributed by atoms with Crippen molar-refractivity contribution in [1.29, 1.82) is 0 Å². The predicted molar refractivity (Wildman–Crippen MR) is 118 cm³/mol. The SMILES string of the molecule is Cc1ccc(C)c(NC(=O)c2ccc(N3C(=O)[C@H]4[C@@H]5C=C[C@H]([C@H]6C[C@H]56)[C@@H]4C3=O)cc2)c1. The standard InChI is InChI=1S/C26H24N2O3/c1-13-3-4-14(2)21(11-13)27-24(29)15-5-7-16(8-6-15)28-25(30)22-17-9-10-18(20-12-19(17)20)23(22)26(28)31/h3-11,17-20,22-23H,12H2,1-2H3,(H,27,29)/t17-,18-,19-,20-,22+,23+/m1/s1. The highest BCUT2D eigenvalue weighted by molar-refractivity contribution is 6.22. The van der Waals surface area contributed by atoms with Gasteiger partial charge in [0.25, 0.3) is 5.91 Å². The third-order valence-electron chi connectivity index (χ3n) is 7.69. The largest absolute Gasteiger partial charge is 0.322 e. The van der Waals surface area contributed by atoms with E-state index < -0.39 is 0 Å². The van der Waals surface area contributed by atoms with Crippen molar-refractivity contribution in [3.63, 3.8) is 0 Å². The summed E-state index contributed by atoms with van der Waals surface area (Å²) < 4.78 is 0. The maximum atomic E-state index is 13.2. The number of anilines is 2. The molecule has 2 aromatic carbocycles. The van der Waals surface area contributed by atoms with Crippen LogP contribution in [0.2, 0.25) is 0 Å². The van der Waals surface area contributed by atoms with Crippen molar-refractivity contribution in [2.24, 2.45) is 35.5 Å². The van der Waals surface area contributed by atoms with Crippen LogP contribution in [0, 0.1) is 49.4 Å². The smallest absolute Gasteiger partial charge is 0.255 e. The lowest BCUT2D eigenvalue weighted by Gasteiger charge is -2.37. The van der Waals surface area contributed by atoms with Gasteiger partial charge in [0.2, 0.25) is 11.8 Å². The molecule has 7 rings (SSSR count). The molecule has 5 heteroatoms. The van der Waals surface area contributed by atoms with Crippen LogP contribution in [-0.2, 0) is 9.59 Å². The van der Waals surface area contributed by atoms with Crippen molar-refractivity contribution >= 4 is 29.1 Å². The van der Waals surface area contributed by atoms with Gasteiger partial charge in [0.05, 0.1) is 17.5 Å². The van der Waals surface area contributed by atoms with Gasteiger partial charge in [-0.25, -0.2) is 0 Å². The average Bonchev–Trinajstić information content (AvgIpc) is 3.54. The van der Waals surface area contributed by atoms with Crippen LogP contribution in [0.3, 0.4) is 0 Å². The topological polar surface area (TPSA) is 66.5 Å². The summed E-state index contributed by atoms with van der Waals surface area (Å²) in [6.45, 7) is 3.94. The minimum absolute atomic E-state index is 0.0766. The first-order valence-electron chi connectivity index (χ1n) is 11.0.